The molecular weight excluding hydrogens is 262 g/mol. The Bertz CT molecular complexity index is 462. The highest BCUT2D eigenvalue weighted by Crippen LogP contribution is 2.24. The van der Waals surface area contributed by atoms with Crippen LogP contribution in [0.25, 0.3) is 0 Å². The van der Waals surface area contributed by atoms with Gasteiger partial charge in [-0.2, -0.15) is 0 Å². The first-order valence-electron chi connectivity index (χ1n) is 7.85. The molecule has 1 aromatic rings. The lowest BCUT2D eigenvalue weighted by Crippen LogP contribution is -2.58. The van der Waals surface area contributed by atoms with Gasteiger partial charge in [0.15, 0.2) is 0 Å². The highest BCUT2D eigenvalue weighted by Gasteiger charge is 2.38. The van der Waals surface area contributed by atoms with Gasteiger partial charge in [-0.05, 0) is 50.9 Å². The van der Waals surface area contributed by atoms with Crippen LogP contribution in [0.1, 0.15) is 31.7 Å². The predicted molar refractivity (Wildman–Crippen MR) is 85.8 cm³/mol. The van der Waals surface area contributed by atoms with Crippen LogP contribution in [0.15, 0.2) is 30.3 Å². The Labute approximate surface area is 127 Å². The molecule has 1 aromatic carbocycles. The number of likely N-dealkylation sites (N-methyl/N-ethyl adjacent to an activating group) is 1. The lowest BCUT2D eigenvalue weighted by molar-refractivity contribution is -0.125. The van der Waals surface area contributed by atoms with E-state index in [0.717, 1.165) is 24.6 Å². The third-order valence-corrected chi connectivity index (χ3v) is 4.68. The normalized spacial score (nSPS) is 23.2. The number of hydrogen-bond donors (Lipinski definition) is 2. The van der Waals surface area contributed by atoms with E-state index in [9.17, 15) is 4.79 Å². The monoisotopic (exact) mass is 289 g/mol. The highest BCUT2D eigenvalue weighted by molar-refractivity contribution is 5.86. The van der Waals surface area contributed by atoms with E-state index in [1.54, 1.807) is 0 Å². The second kappa shape index (κ2) is 7.05. The molecule has 1 saturated heterocycles. The van der Waals surface area contributed by atoms with Gasteiger partial charge >= 0.3 is 0 Å². The number of hydrogen-bond acceptors (Lipinski definition) is 3. The molecular formula is C17H27N3O. The Balaban J connectivity index is 2.22. The Morgan fingerprint density at radius 2 is 2.05 bits per heavy atom. The van der Waals surface area contributed by atoms with Crippen LogP contribution >= 0.6 is 0 Å². The minimum atomic E-state index is -0.811. The Morgan fingerprint density at radius 1 is 1.33 bits per heavy atom. The predicted octanol–water partition coefficient (Wildman–Crippen LogP) is 1.71. The van der Waals surface area contributed by atoms with Gasteiger partial charge in [0.2, 0.25) is 5.91 Å². The molecule has 116 valence electrons. The van der Waals surface area contributed by atoms with E-state index in [0.29, 0.717) is 6.54 Å². The SMILES string of the molecule is CNC(CN1CCCC(C)CC1)(C(N)=O)c1ccccc1. The lowest BCUT2D eigenvalue weighted by atomic mass is 9.88. The fraction of sp³-hybridized carbons (Fsp3) is 0.588. The zero-order valence-corrected chi connectivity index (χ0v) is 13.1. The lowest BCUT2D eigenvalue weighted by Gasteiger charge is -2.36. The summed E-state index contributed by atoms with van der Waals surface area (Å²) in [5, 5.41) is 3.19. The summed E-state index contributed by atoms with van der Waals surface area (Å²) in [6, 6.07) is 9.81. The molecule has 0 radical (unpaired) electrons. The summed E-state index contributed by atoms with van der Waals surface area (Å²) in [5.74, 6) is 0.456. The summed E-state index contributed by atoms with van der Waals surface area (Å²) in [6.07, 6.45) is 3.65. The third-order valence-electron chi connectivity index (χ3n) is 4.68. The molecule has 1 aliphatic rings. The summed E-state index contributed by atoms with van der Waals surface area (Å²) in [6.45, 7) is 5.01. The molecule has 4 nitrogen and oxygen atoms in total. The Hall–Kier alpha value is -1.39. The van der Waals surface area contributed by atoms with E-state index in [2.05, 4.69) is 17.1 Å². The van der Waals surface area contributed by atoms with Crippen LogP contribution in [0, 0.1) is 5.92 Å². The zero-order valence-electron chi connectivity index (χ0n) is 13.1. The van der Waals surface area contributed by atoms with E-state index in [4.69, 9.17) is 5.73 Å². The molecule has 0 spiro atoms. The van der Waals surface area contributed by atoms with Crippen molar-refractivity contribution in [2.75, 3.05) is 26.7 Å². The van der Waals surface area contributed by atoms with Crippen molar-refractivity contribution in [1.82, 2.24) is 10.2 Å². The molecule has 0 aliphatic carbocycles. The molecule has 2 rings (SSSR count). The van der Waals surface area contributed by atoms with Crippen molar-refractivity contribution in [1.29, 1.82) is 0 Å². The first-order chi connectivity index (χ1) is 10.1. The van der Waals surface area contributed by atoms with Crippen LogP contribution in [0.5, 0.6) is 0 Å². The minimum absolute atomic E-state index is 0.312. The number of nitrogens with zero attached hydrogens (tertiary/aromatic N) is 1. The number of nitrogens with one attached hydrogen (secondary N) is 1. The first-order valence-corrected chi connectivity index (χ1v) is 7.85. The van der Waals surface area contributed by atoms with Gasteiger partial charge in [-0.15, -0.1) is 0 Å². The smallest absolute Gasteiger partial charge is 0.243 e. The zero-order chi connectivity index (χ0) is 15.3. The molecule has 0 saturated carbocycles. The molecule has 2 unspecified atom stereocenters. The molecule has 21 heavy (non-hydrogen) atoms. The number of likely N-dealkylation sites (tertiary alicyclic amines) is 1. The summed E-state index contributed by atoms with van der Waals surface area (Å²) in [4.78, 5) is 14.6. The van der Waals surface area contributed by atoms with Crippen molar-refractivity contribution in [3.8, 4) is 0 Å². The number of benzene rings is 1. The fourth-order valence-corrected chi connectivity index (χ4v) is 3.20. The molecule has 4 heteroatoms. The first kappa shape index (κ1) is 16.0. The molecule has 3 N–H and O–H groups in total. The highest BCUT2D eigenvalue weighted by atomic mass is 16.1. The van der Waals surface area contributed by atoms with E-state index in [1.807, 2.05) is 37.4 Å². The molecule has 1 aliphatic heterocycles. The van der Waals surface area contributed by atoms with Gasteiger partial charge in [-0.25, -0.2) is 0 Å². The van der Waals surface area contributed by atoms with Gasteiger partial charge in [-0.1, -0.05) is 37.3 Å². The van der Waals surface area contributed by atoms with Crippen molar-refractivity contribution in [3.63, 3.8) is 0 Å². The third kappa shape index (κ3) is 3.63. The number of carbonyl (C=O) groups is 1. The van der Waals surface area contributed by atoms with E-state index >= 15 is 0 Å². The van der Waals surface area contributed by atoms with Crippen LogP contribution < -0.4 is 11.1 Å². The molecule has 1 fully saturated rings. The summed E-state index contributed by atoms with van der Waals surface area (Å²) in [7, 11) is 1.82. The number of primary amides is 1. The van der Waals surface area contributed by atoms with Crippen LogP contribution in [0.2, 0.25) is 0 Å². The topological polar surface area (TPSA) is 58.4 Å². The number of amides is 1. The maximum atomic E-state index is 12.2. The van der Waals surface area contributed by atoms with Crippen LogP contribution in [0.3, 0.4) is 0 Å². The average Bonchev–Trinajstić information content (AvgIpc) is 2.70. The van der Waals surface area contributed by atoms with E-state index in [-0.39, 0.29) is 5.91 Å². The number of carbonyl (C=O) groups excluding carboxylic acids is 1. The maximum Gasteiger partial charge on any atom is 0.243 e. The fourth-order valence-electron chi connectivity index (χ4n) is 3.20. The maximum absolute atomic E-state index is 12.2. The average molecular weight is 289 g/mol. The van der Waals surface area contributed by atoms with Gasteiger partial charge in [0, 0.05) is 6.54 Å². The van der Waals surface area contributed by atoms with E-state index < -0.39 is 5.54 Å². The number of nitrogens with two attached hydrogens (primary N) is 1. The Morgan fingerprint density at radius 3 is 2.67 bits per heavy atom. The van der Waals surface area contributed by atoms with Gasteiger partial charge in [0.25, 0.3) is 0 Å². The molecule has 2 atom stereocenters. The van der Waals surface area contributed by atoms with Gasteiger partial charge in [0.05, 0.1) is 0 Å². The summed E-state index contributed by atoms with van der Waals surface area (Å²) >= 11 is 0. The van der Waals surface area contributed by atoms with Crippen molar-refractivity contribution in [2.45, 2.75) is 31.7 Å². The number of rotatable bonds is 5. The second-order valence-electron chi connectivity index (χ2n) is 6.20. The Kier molecular flexibility index (Phi) is 5.37. The van der Waals surface area contributed by atoms with Crippen molar-refractivity contribution in [2.24, 2.45) is 11.7 Å². The quantitative estimate of drug-likeness (QED) is 0.867. The van der Waals surface area contributed by atoms with Crippen molar-refractivity contribution < 1.29 is 4.79 Å². The van der Waals surface area contributed by atoms with Crippen LogP contribution in [-0.2, 0) is 10.3 Å². The standard InChI is InChI=1S/C17H27N3O/c1-14-7-6-11-20(12-10-14)13-17(19-2,16(18)21)15-8-4-3-5-9-15/h3-5,8-9,14,19H,6-7,10-13H2,1-2H3,(H2,18,21). The van der Waals surface area contributed by atoms with Gasteiger partial charge in [-0.3, -0.25) is 4.79 Å². The molecule has 0 aromatic heterocycles. The van der Waals surface area contributed by atoms with Crippen molar-refractivity contribution in [3.05, 3.63) is 35.9 Å². The summed E-state index contributed by atoms with van der Waals surface area (Å²) < 4.78 is 0. The molecule has 0 bridgehead atoms. The largest absolute Gasteiger partial charge is 0.368 e. The van der Waals surface area contributed by atoms with E-state index in [1.165, 1.54) is 19.3 Å². The van der Waals surface area contributed by atoms with Crippen LogP contribution in [-0.4, -0.2) is 37.5 Å². The van der Waals surface area contributed by atoms with Crippen molar-refractivity contribution >= 4 is 5.91 Å². The van der Waals surface area contributed by atoms with Gasteiger partial charge < -0.3 is 16.0 Å². The van der Waals surface area contributed by atoms with Crippen LogP contribution in [0.4, 0.5) is 0 Å². The minimum Gasteiger partial charge on any atom is -0.368 e. The molecule has 1 heterocycles. The summed E-state index contributed by atoms with van der Waals surface area (Å²) in [5.41, 5.74) is 5.90. The molecule has 1 amide bonds. The second-order valence-corrected chi connectivity index (χ2v) is 6.20. The van der Waals surface area contributed by atoms with Gasteiger partial charge in [0.1, 0.15) is 5.54 Å².